The number of pyridine rings is 1. The van der Waals surface area contributed by atoms with Crippen LogP contribution in [0, 0.1) is 5.92 Å². The first-order valence-corrected chi connectivity index (χ1v) is 13.1. The molecule has 37 heavy (non-hydrogen) atoms. The number of hydrogen-bond donors (Lipinski definition) is 1. The molecule has 3 aromatic rings. The molecule has 1 N–H and O–H groups in total. The van der Waals surface area contributed by atoms with Crippen molar-refractivity contribution in [3.63, 3.8) is 0 Å². The molecule has 0 fully saturated rings. The van der Waals surface area contributed by atoms with E-state index in [0.29, 0.717) is 47.6 Å². The Bertz CT molecular complexity index is 1140. The summed E-state index contributed by atoms with van der Waals surface area (Å²) in [5, 5.41) is 3.85. The van der Waals surface area contributed by atoms with E-state index >= 15 is 0 Å². The van der Waals surface area contributed by atoms with Gasteiger partial charge < -0.3 is 24.3 Å². The Hall–Kier alpha value is -3.32. The number of amides is 1. The number of hydrogen-bond acceptors (Lipinski definition) is 6. The molecule has 7 heteroatoms. The molecule has 1 unspecified atom stereocenters. The summed E-state index contributed by atoms with van der Waals surface area (Å²) in [5.74, 6) is 2.04. The number of benzene rings is 2. The molecular formula is C30H40N2O5. The molecule has 0 saturated carbocycles. The molecule has 0 bridgehead atoms. The van der Waals surface area contributed by atoms with E-state index in [0.717, 1.165) is 35.9 Å². The number of ether oxygens (including phenoxy) is 4. The van der Waals surface area contributed by atoms with E-state index in [1.54, 1.807) is 21.3 Å². The number of carbonyl (C=O) groups is 1. The van der Waals surface area contributed by atoms with Crippen LogP contribution in [0.25, 0.3) is 22.2 Å². The van der Waals surface area contributed by atoms with Crippen molar-refractivity contribution in [3.8, 4) is 28.5 Å². The van der Waals surface area contributed by atoms with E-state index in [-0.39, 0.29) is 5.91 Å². The second-order valence-electron chi connectivity index (χ2n) is 9.09. The van der Waals surface area contributed by atoms with Crippen molar-refractivity contribution in [3.05, 3.63) is 48.0 Å². The van der Waals surface area contributed by atoms with E-state index in [1.807, 2.05) is 42.5 Å². The maximum absolute atomic E-state index is 13.2. The molecule has 0 spiro atoms. The lowest BCUT2D eigenvalue weighted by molar-refractivity contribution is 0.0876. The average Bonchev–Trinajstić information content (AvgIpc) is 2.94. The molecule has 1 heterocycles. The summed E-state index contributed by atoms with van der Waals surface area (Å²) in [6, 6.07) is 13.1. The molecule has 0 aliphatic heterocycles. The zero-order chi connectivity index (χ0) is 26.6. The third-order valence-corrected chi connectivity index (χ3v) is 6.57. The zero-order valence-corrected chi connectivity index (χ0v) is 22.8. The zero-order valence-electron chi connectivity index (χ0n) is 22.8. The third kappa shape index (κ3) is 7.35. The van der Waals surface area contributed by atoms with E-state index in [9.17, 15) is 4.79 Å². The van der Waals surface area contributed by atoms with Gasteiger partial charge in [-0.1, -0.05) is 51.3 Å². The SMILES string of the molecule is CCCCC(CC)COCCCNC(=O)c1cc(-c2cc(OC)c(OC)c(OC)c2)nc2ccccc12. The van der Waals surface area contributed by atoms with E-state index in [1.165, 1.54) is 19.3 Å². The topological polar surface area (TPSA) is 78.9 Å². The van der Waals surface area contributed by atoms with Crippen LogP contribution in [0.4, 0.5) is 0 Å². The van der Waals surface area contributed by atoms with Gasteiger partial charge in [-0.05, 0) is 43.0 Å². The molecule has 3 rings (SSSR count). The molecule has 1 amide bonds. The average molecular weight is 509 g/mol. The van der Waals surface area contributed by atoms with Crippen LogP contribution in [0.5, 0.6) is 17.2 Å². The van der Waals surface area contributed by atoms with Crippen molar-refractivity contribution in [2.45, 2.75) is 46.0 Å². The Morgan fingerprint density at radius 2 is 1.70 bits per heavy atom. The first-order valence-electron chi connectivity index (χ1n) is 13.1. The number of methoxy groups -OCH3 is 3. The quantitative estimate of drug-likeness (QED) is 0.243. The number of aromatic nitrogens is 1. The second-order valence-corrected chi connectivity index (χ2v) is 9.09. The first kappa shape index (κ1) is 28.3. The van der Waals surface area contributed by atoms with Crippen molar-refractivity contribution < 1.29 is 23.7 Å². The first-order chi connectivity index (χ1) is 18.1. The summed E-state index contributed by atoms with van der Waals surface area (Å²) >= 11 is 0. The van der Waals surface area contributed by atoms with Crippen LogP contribution in [0.2, 0.25) is 0 Å². The van der Waals surface area contributed by atoms with Crippen LogP contribution >= 0.6 is 0 Å². The van der Waals surface area contributed by atoms with E-state index in [2.05, 4.69) is 19.2 Å². The predicted molar refractivity (Wildman–Crippen MR) is 148 cm³/mol. The van der Waals surface area contributed by atoms with E-state index < -0.39 is 0 Å². The summed E-state index contributed by atoms with van der Waals surface area (Å²) < 4.78 is 22.3. The summed E-state index contributed by atoms with van der Waals surface area (Å²) in [6.45, 7) is 6.40. The highest BCUT2D eigenvalue weighted by Gasteiger charge is 2.18. The van der Waals surface area contributed by atoms with Gasteiger partial charge in [0.1, 0.15) is 0 Å². The van der Waals surface area contributed by atoms with Gasteiger partial charge in [-0.3, -0.25) is 4.79 Å². The van der Waals surface area contributed by atoms with Crippen molar-refractivity contribution >= 4 is 16.8 Å². The van der Waals surface area contributed by atoms with Gasteiger partial charge in [0.2, 0.25) is 5.75 Å². The molecule has 2 aromatic carbocycles. The smallest absolute Gasteiger partial charge is 0.252 e. The highest BCUT2D eigenvalue weighted by molar-refractivity contribution is 6.07. The number of nitrogens with zero attached hydrogens (tertiary/aromatic N) is 1. The highest BCUT2D eigenvalue weighted by Crippen LogP contribution is 2.41. The lowest BCUT2D eigenvalue weighted by Crippen LogP contribution is -2.26. The molecule has 7 nitrogen and oxygen atoms in total. The summed E-state index contributed by atoms with van der Waals surface area (Å²) in [5.41, 5.74) is 2.71. The molecule has 200 valence electrons. The van der Waals surface area contributed by atoms with Crippen molar-refractivity contribution in [1.82, 2.24) is 10.3 Å². The van der Waals surface area contributed by atoms with Crippen LogP contribution in [-0.4, -0.2) is 52.0 Å². The Balaban J connectivity index is 1.74. The molecule has 0 aliphatic carbocycles. The van der Waals surface area contributed by atoms with Crippen LogP contribution in [0.3, 0.4) is 0 Å². The monoisotopic (exact) mass is 508 g/mol. The number of nitrogens with one attached hydrogen (secondary N) is 1. The number of carbonyl (C=O) groups excluding carboxylic acids is 1. The standard InChI is InChI=1S/C30H40N2O5/c1-6-8-12-21(7-2)20-37-16-11-15-31-30(33)24-19-26(32-25-14-10-9-13-23(24)25)22-17-27(34-3)29(36-5)28(18-22)35-4/h9-10,13-14,17-19,21H,6-8,11-12,15-16,20H2,1-5H3,(H,31,33). The van der Waals surface area contributed by atoms with Crippen LogP contribution < -0.4 is 19.5 Å². The lowest BCUT2D eigenvalue weighted by atomic mass is 10.0. The Morgan fingerprint density at radius 1 is 0.973 bits per heavy atom. The van der Waals surface area contributed by atoms with Gasteiger partial charge in [-0.2, -0.15) is 0 Å². The van der Waals surface area contributed by atoms with E-state index in [4.69, 9.17) is 23.9 Å². The van der Waals surface area contributed by atoms with Crippen molar-refractivity contribution in [2.75, 3.05) is 41.1 Å². The van der Waals surface area contributed by atoms with Crippen molar-refractivity contribution in [2.24, 2.45) is 5.92 Å². The summed E-state index contributed by atoms with van der Waals surface area (Å²) in [4.78, 5) is 18.1. The number of fused-ring (bicyclic) bond motifs is 1. The van der Waals surface area contributed by atoms with Gasteiger partial charge in [-0.15, -0.1) is 0 Å². The van der Waals surface area contributed by atoms with Gasteiger partial charge in [0.25, 0.3) is 5.91 Å². The molecule has 1 aromatic heterocycles. The van der Waals surface area contributed by atoms with Crippen molar-refractivity contribution in [1.29, 1.82) is 0 Å². The van der Waals surface area contributed by atoms with Crippen LogP contribution in [-0.2, 0) is 4.74 Å². The van der Waals surface area contributed by atoms with Gasteiger partial charge >= 0.3 is 0 Å². The summed E-state index contributed by atoms with van der Waals surface area (Å²) in [6.07, 6.45) is 5.58. The Morgan fingerprint density at radius 3 is 2.35 bits per heavy atom. The normalized spacial score (nSPS) is 11.8. The molecular weight excluding hydrogens is 468 g/mol. The predicted octanol–water partition coefficient (Wildman–Crippen LogP) is 6.28. The minimum Gasteiger partial charge on any atom is -0.493 e. The maximum atomic E-state index is 13.2. The number of unbranched alkanes of at least 4 members (excludes halogenated alkanes) is 1. The van der Waals surface area contributed by atoms with Gasteiger partial charge in [0.05, 0.1) is 38.1 Å². The lowest BCUT2D eigenvalue weighted by Gasteiger charge is -2.15. The molecule has 0 radical (unpaired) electrons. The fraction of sp³-hybridized carbons (Fsp3) is 0.467. The fourth-order valence-corrected chi connectivity index (χ4v) is 4.36. The molecule has 0 aliphatic rings. The fourth-order valence-electron chi connectivity index (χ4n) is 4.36. The molecule has 1 atom stereocenters. The highest BCUT2D eigenvalue weighted by atomic mass is 16.5. The summed E-state index contributed by atoms with van der Waals surface area (Å²) in [7, 11) is 4.71. The largest absolute Gasteiger partial charge is 0.493 e. The van der Waals surface area contributed by atoms with Crippen LogP contribution in [0.15, 0.2) is 42.5 Å². The van der Waals surface area contributed by atoms with Gasteiger partial charge in [0.15, 0.2) is 11.5 Å². The number of para-hydroxylation sites is 1. The third-order valence-electron chi connectivity index (χ3n) is 6.57. The maximum Gasteiger partial charge on any atom is 0.252 e. The second kappa shape index (κ2) is 14.4. The van der Waals surface area contributed by atoms with Crippen LogP contribution in [0.1, 0.15) is 56.3 Å². The molecule has 0 saturated heterocycles. The Labute approximate surface area is 220 Å². The number of rotatable bonds is 15. The van der Waals surface area contributed by atoms with Gasteiger partial charge in [0, 0.05) is 30.7 Å². The Kier molecular flexibility index (Phi) is 11.0. The minimum atomic E-state index is -0.137. The minimum absolute atomic E-state index is 0.137. The van der Waals surface area contributed by atoms with Gasteiger partial charge in [-0.25, -0.2) is 4.98 Å².